The van der Waals surface area contributed by atoms with Crippen LogP contribution >= 0.6 is 0 Å². The number of aryl methyl sites for hydroxylation is 1. The van der Waals surface area contributed by atoms with Crippen molar-refractivity contribution in [1.29, 1.82) is 0 Å². The third-order valence-electron chi connectivity index (χ3n) is 5.21. The van der Waals surface area contributed by atoms with E-state index >= 15 is 0 Å². The molecule has 7 heteroatoms. The highest BCUT2D eigenvalue weighted by molar-refractivity contribution is 6.02. The molecule has 156 valence electrons. The lowest BCUT2D eigenvalue weighted by molar-refractivity contribution is 0.256. The number of hydrogen-bond donors (Lipinski definition) is 1. The molecule has 4 rings (SSSR count). The molecule has 0 saturated carbocycles. The second-order valence-electron chi connectivity index (χ2n) is 7.28. The van der Waals surface area contributed by atoms with Crippen LogP contribution in [0.5, 0.6) is 5.75 Å². The Labute approximate surface area is 176 Å². The van der Waals surface area contributed by atoms with Gasteiger partial charge in [0.2, 0.25) is 0 Å². The van der Waals surface area contributed by atoms with Gasteiger partial charge >= 0.3 is 6.03 Å². The van der Waals surface area contributed by atoms with E-state index in [-0.39, 0.29) is 6.03 Å². The van der Waals surface area contributed by atoms with Crippen LogP contribution in [0.1, 0.15) is 37.8 Å². The number of para-hydroxylation sites is 3. The Morgan fingerprint density at radius 1 is 1.07 bits per heavy atom. The normalized spacial score (nSPS) is 13.2. The molecule has 0 spiro atoms. The van der Waals surface area contributed by atoms with Gasteiger partial charge in [-0.25, -0.2) is 4.79 Å². The Bertz CT molecular complexity index is 986. The predicted molar refractivity (Wildman–Crippen MR) is 117 cm³/mol. The van der Waals surface area contributed by atoms with E-state index in [2.05, 4.69) is 20.1 Å². The Morgan fingerprint density at radius 3 is 2.70 bits per heavy atom. The molecule has 0 fully saturated rings. The number of carbonyl (C=O) groups is 1. The van der Waals surface area contributed by atoms with Gasteiger partial charge in [0.25, 0.3) is 0 Å². The van der Waals surface area contributed by atoms with Gasteiger partial charge in [0.05, 0.1) is 18.8 Å². The average molecular weight is 406 g/mol. The molecule has 0 radical (unpaired) electrons. The maximum Gasteiger partial charge on any atom is 0.326 e. The Morgan fingerprint density at radius 2 is 1.87 bits per heavy atom. The van der Waals surface area contributed by atoms with Crippen LogP contribution in [0.25, 0.3) is 0 Å². The molecule has 2 aromatic carbocycles. The summed E-state index contributed by atoms with van der Waals surface area (Å²) in [6.45, 7) is 3.66. The summed E-state index contributed by atoms with van der Waals surface area (Å²) in [5.41, 5.74) is 1.44. The highest BCUT2D eigenvalue weighted by Crippen LogP contribution is 2.30. The topological polar surface area (TPSA) is 72.3 Å². The zero-order valence-corrected chi connectivity index (χ0v) is 17.3. The van der Waals surface area contributed by atoms with Crippen molar-refractivity contribution in [3.8, 4) is 5.75 Å². The molecule has 1 aliphatic rings. The first-order chi connectivity index (χ1) is 14.8. The number of ether oxygens (including phenoxy) is 1. The van der Waals surface area contributed by atoms with Crippen molar-refractivity contribution < 1.29 is 9.53 Å². The van der Waals surface area contributed by atoms with E-state index in [1.54, 1.807) is 4.90 Å². The smallest absolute Gasteiger partial charge is 0.326 e. The van der Waals surface area contributed by atoms with E-state index in [0.717, 1.165) is 43.1 Å². The largest absolute Gasteiger partial charge is 0.492 e. The lowest BCUT2D eigenvalue weighted by atomic mass is 10.2. The molecule has 2 heterocycles. The van der Waals surface area contributed by atoms with Crippen LogP contribution in [0.4, 0.5) is 16.2 Å². The van der Waals surface area contributed by atoms with Crippen LogP contribution in [-0.4, -0.2) is 27.4 Å². The number of aromatic nitrogens is 3. The van der Waals surface area contributed by atoms with Gasteiger partial charge in [-0.05, 0) is 44.0 Å². The molecule has 0 bridgehead atoms. The van der Waals surface area contributed by atoms with Crippen LogP contribution in [-0.2, 0) is 19.5 Å². The van der Waals surface area contributed by atoms with Crippen molar-refractivity contribution >= 4 is 17.4 Å². The van der Waals surface area contributed by atoms with Gasteiger partial charge in [0, 0.05) is 18.7 Å². The van der Waals surface area contributed by atoms with Gasteiger partial charge in [-0.15, -0.1) is 10.2 Å². The molecule has 7 nitrogen and oxygen atoms in total. The van der Waals surface area contributed by atoms with Gasteiger partial charge in [0.15, 0.2) is 5.82 Å². The second-order valence-corrected chi connectivity index (χ2v) is 7.28. The number of nitrogens with one attached hydrogen (secondary N) is 1. The minimum absolute atomic E-state index is 0.237. The summed E-state index contributed by atoms with van der Waals surface area (Å²) in [5, 5.41) is 11.8. The minimum atomic E-state index is -0.237. The first-order valence-electron chi connectivity index (χ1n) is 10.5. The van der Waals surface area contributed by atoms with E-state index in [1.165, 1.54) is 6.42 Å². The standard InChI is InChI=1S/C23H27N5O2/c1-2-30-20-14-9-8-13-19(20)28(23(29)24-18-11-5-3-6-12-18)17-22-26-25-21-15-7-4-10-16-27(21)22/h3,5-6,8-9,11-14H,2,4,7,10,15-17H2,1H3,(H,24,29). The van der Waals surface area contributed by atoms with Gasteiger partial charge in [-0.3, -0.25) is 4.90 Å². The van der Waals surface area contributed by atoms with E-state index in [9.17, 15) is 4.79 Å². The molecule has 2 amide bonds. The van der Waals surface area contributed by atoms with Crippen LogP contribution in [0, 0.1) is 0 Å². The third kappa shape index (κ3) is 4.45. The number of fused-ring (bicyclic) bond motifs is 1. The summed E-state index contributed by atoms with van der Waals surface area (Å²) in [7, 11) is 0. The molecular weight excluding hydrogens is 378 g/mol. The molecule has 1 N–H and O–H groups in total. The van der Waals surface area contributed by atoms with E-state index < -0.39 is 0 Å². The van der Waals surface area contributed by atoms with Crippen LogP contribution in [0.15, 0.2) is 54.6 Å². The van der Waals surface area contributed by atoms with Gasteiger partial charge < -0.3 is 14.6 Å². The summed E-state index contributed by atoms with van der Waals surface area (Å²) < 4.78 is 7.97. The third-order valence-corrected chi connectivity index (χ3v) is 5.21. The number of nitrogens with zero attached hydrogens (tertiary/aromatic N) is 4. The minimum Gasteiger partial charge on any atom is -0.492 e. The quantitative estimate of drug-likeness (QED) is 0.648. The zero-order valence-electron chi connectivity index (χ0n) is 17.3. The van der Waals surface area contributed by atoms with Crippen molar-refractivity contribution in [3.05, 3.63) is 66.2 Å². The zero-order chi connectivity index (χ0) is 20.8. The monoisotopic (exact) mass is 405 g/mol. The molecule has 0 unspecified atom stereocenters. The highest BCUT2D eigenvalue weighted by atomic mass is 16.5. The molecular formula is C23H27N5O2. The lowest BCUT2D eigenvalue weighted by Crippen LogP contribution is -2.36. The summed E-state index contributed by atoms with van der Waals surface area (Å²) in [5.74, 6) is 2.46. The SMILES string of the molecule is CCOc1ccccc1N(Cc1nnc2n1CCCCC2)C(=O)Nc1ccccc1. The van der Waals surface area contributed by atoms with Crippen LogP contribution in [0.3, 0.4) is 0 Å². The molecule has 1 aromatic heterocycles. The molecule has 0 saturated heterocycles. The van der Waals surface area contributed by atoms with E-state index in [1.807, 2.05) is 61.5 Å². The highest BCUT2D eigenvalue weighted by Gasteiger charge is 2.24. The molecule has 0 atom stereocenters. The van der Waals surface area contributed by atoms with Gasteiger partial charge in [-0.2, -0.15) is 0 Å². The van der Waals surface area contributed by atoms with Crippen LogP contribution < -0.4 is 15.0 Å². The number of hydrogen-bond acceptors (Lipinski definition) is 4. The molecule has 0 aliphatic carbocycles. The number of carbonyl (C=O) groups excluding carboxylic acids is 1. The Hall–Kier alpha value is -3.35. The Balaban J connectivity index is 1.67. The number of urea groups is 1. The fourth-order valence-electron chi connectivity index (χ4n) is 3.74. The van der Waals surface area contributed by atoms with Crippen molar-refractivity contribution in [2.75, 3.05) is 16.8 Å². The summed E-state index contributed by atoms with van der Waals surface area (Å²) >= 11 is 0. The van der Waals surface area contributed by atoms with Crippen molar-refractivity contribution in [2.45, 2.75) is 45.7 Å². The predicted octanol–water partition coefficient (Wildman–Crippen LogP) is 4.64. The first kappa shape index (κ1) is 19.9. The first-order valence-corrected chi connectivity index (χ1v) is 10.5. The van der Waals surface area contributed by atoms with Gasteiger partial charge in [-0.1, -0.05) is 36.8 Å². The van der Waals surface area contributed by atoms with Crippen LogP contribution in [0.2, 0.25) is 0 Å². The summed E-state index contributed by atoms with van der Waals surface area (Å²) in [6.07, 6.45) is 4.35. The second kappa shape index (κ2) is 9.43. The van der Waals surface area contributed by atoms with Gasteiger partial charge in [0.1, 0.15) is 11.6 Å². The number of anilines is 2. The van der Waals surface area contributed by atoms with Crippen molar-refractivity contribution in [2.24, 2.45) is 0 Å². The lowest BCUT2D eigenvalue weighted by Gasteiger charge is -2.25. The van der Waals surface area contributed by atoms with Crippen molar-refractivity contribution in [3.63, 3.8) is 0 Å². The Kier molecular flexibility index (Phi) is 6.27. The molecule has 3 aromatic rings. The summed E-state index contributed by atoms with van der Waals surface area (Å²) in [4.78, 5) is 15.0. The summed E-state index contributed by atoms with van der Waals surface area (Å²) in [6, 6.07) is 16.8. The number of benzene rings is 2. The number of amides is 2. The number of rotatable bonds is 6. The molecule has 30 heavy (non-hydrogen) atoms. The fraction of sp³-hybridized carbons (Fsp3) is 0.348. The van der Waals surface area contributed by atoms with Crippen molar-refractivity contribution in [1.82, 2.24) is 14.8 Å². The average Bonchev–Trinajstić information content (AvgIpc) is 2.99. The fourth-order valence-corrected chi connectivity index (χ4v) is 3.74. The maximum atomic E-state index is 13.3. The van der Waals surface area contributed by atoms with E-state index in [0.29, 0.717) is 24.6 Å². The maximum absolute atomic E-state index is 13.3. The molecule has 1 aliphatic heterocycles. The van der Waals surface area contributed by atoms with E-state index in [4.69, 9.17) is 4.74 Å².